The van der Waals surface area contributed by atoms with Crippen molar-refractivity contribution in [3.05, 3.63) is 65.2 Å². The van der Waals surface area contributed by atoms with Gasteiger partial charge in [0, 0.05) is 11.0 Å². The van der Waals surface area contributed by atoms with Crippen LogP contribution in [0.15, 0.2) is 47.4 Å². The Hall–Kier alpha value is -1.88. The minimum Gasteiger partial charge on any atom is -0.345 e. The molecule has 0 heterocycles. The average molecular weight is 307 g/mol. The molecule has 1 N–H and O–H groups in total. The summed E-state index contributed by atoms with van der Waals surface area (Å²) in [5, 5.41) is 2.70. The number of carbonyl (C=O) groups excluding carboxylic acids is 1. The van der Waals surface area contributed by atoms with Crippen molar-refractivity contribution < 1.29 is 13.6 Å². The van der Waals surface area contributed by atoms with Crippen LogP contribution in [0, 0.1) is 11.6 Å². The molecule has 5 heteroatoms. The highest BCUT2D eigenvalue weighted by Gasteiger charge is 2.15. The molecule has 0 spiro atoms. The van der Waals surface area contributed by atoms with Gasteiger partial charge in [0.1, 0.15) is 11.6 Å². The van der Waals surface area contributed by atoms with Crippen molar-refractivity contribution in [2.75, 3.05) is 6.26 Å². The minimum absolute atomic E-state index is 0.163. The van der Waals surface area contributed by atoms with E-state index in [9.17, 15) is 13.6 Å². The molecular weight excluding hydrogens is 292 g/mol. The molecule has 2 nitrogen and oxygen atoms in total. The number of benzene rings is 2. The fourth-order valence-electron chi connectivity index (χ4n) is 1.92. The molecule has 0 saturated heterocycles. The highest BCUT2D eigenvalue weighted by atomic mass is 32.2. The van der Waals surface area contributed by atoms with Crippen LogP contribution < -0.4 is 5.32 Å². The Balaban J connectivity index is 2.10. The van der Waals surface area contributed by atoms with Crippen LogP contribution in [0.2, 0.25) is 0 Å². The number of amides is 1. The van der Waals surface area contributed by atoms with Gasteiger partial charge < -0.3 is 5.32 Å². The Morgan fingerprint density at radius 1 is 1.14 bits per heavy atom. The Morgan fingerprint density at radius 2 is 1.81 bits per heavy atom. The summed E-state index contributed by atoms with van der Waals surface area (Å²) in [6, 6.07) is 10.4. The van der Waals surface area contributed by atoms with Crippen molar-refractivity contribution in [1.29, 1.82) is 0 Å². The lowest BCUT2D eigenvalue weighted by molar-refractivity contribution is 0.0935. The molecule has 2 aromatic carbocycles. The van der Waals surface area contributed by atoms with Crippen LogP contribution in [0.25, 0.3) is 0 Å². The normalized spacial score (nSPS) is 12.0. The SMILES string of the molecule is CSc1ccc([C@@H](C)NC(=O)c2ccc(F)cc2F)cc1. The van der Waals surface area contributed by atoms with Crippen molar-refractivity contribution in [2.24, 2.45) is 0 Å². The summed E-state index contributed by atoms with van der Waals surface area (Å²) in [6.45, 7) is 1.81. The third-order valence-electron chi connectivity index (χ3n) is 3.14. The molecule has 0 aliphatic heterocycles. The van der Waals surface area contributed by atoms with Gasteiger partial charge in [0.05, 0.1) is 11.6 Å². The lowest BCUT2D eigenvalue weighted by Crippen LogP contribution is -2.27. The molecular formula is C16H15F2NOS. The molecule has 0 fully saturated rings. The van der Waals surface area contributed by atoms with Crippen molar-refractivity contribution >= 4 is 17.7 Å². The predicted molar refractivity (Wildman–Crippen MR) is 80.5 cm³/mol. The van der Waals surface area contributed by atoms with Gasteiger partial charge in [0.25, 0.3) is 5.91 Å². The van der Waals surface area contributed by atoms with Crippen LogP contribution in [0.4, 0.5) is 8.78 Å². The van der Waals surface area contributed by atoms with E-state index in [4.69, 9.17) is 0 Å². The summed E-state index contributed by atoms with van der Waals surface area (Å²) in [5.41, 5.74) is 0.757. The second-order valence-corrected chi connectivity index (χ2v) is 5.47. The standard InChI is InChI=1S/C16H15F2NOS/c1-10(11-3-6-13(21-2)7-4-11)19-16(20)14-8-5-12(17)9-15(14)18/h3-10H,1-2H3,(H,19,20)/t10-/m1/s1. The number of hydrogen-bond donors (Lipinski definition) is 1. The third kappa shape index (κ3) is 3.82. The number of hydrogen-bond acceptors (Lipinski definition) is 2. The summed E-state index contributed by atoms with van der Waals surface area (Å²) in [5.74, 6) is -2.13. The molecule has 0 aliphatic rings. The van der Waals surface area contributed by atoms with Gasteiger partial charge in [0.2, 0.25) is 0 Å². The molecule has 0 aliphatic carbocycles. The van der Waals surface area contributed by atoms with E-state index in [0.29, 0.717) is 6.07 Å². The summed E-state index contributed by atoms with van der Waals surface area (Å²) in [7, 11) is 0. The lowest BCUT2D eigenvalue weighted by atomic mass is 10.1. The van der Waals surface area contributed by atoms with E-state index in [2.05, 4.69) is 5.32 Å². The van der Waals surface area contributed by atoms with Crippen LogP contribution in [-0.2, 0) is 0 Å². The first kappa shape index (κ1) is 15.5. The zero-order chi connectivity index (χ0) is 15.4. The number of rotatable bonds is 4. The van der Waals surface area contributed by atoms with Gasteiger partial charge in [-0.1, -0.05) is 12.1 Å². The van der Waals surface area contributed by atoms with Crippen molar-refractivity contribution in [3.8, 4) is 0 Å². The maximum Gasteiger partial charge on any atom is 0.254 e. The number of thioether (sulfide) groups is 1. The number of carbonyl (C=O) groups is 1. The molecule has 2 aromatic rings. The van der Waals surface area contributed by atoms with Gasteiger partial charge in [-0.05, 0) is 43.0 Å². The Labute approximate surface area is 126 Å². The van der Waals surface area contributed by atoms with E-state index in [1.807, 2.05) is 37.4 Å². The highest BCUT2D eigenvalue weighted by molar-refractivity contribution is 7.98. The van der Waals surface area contributed by atoms with Crippen molar-refractivity contribution in [1.82, 2.24) is 5.32 Å². The van der Waals surface area contributed by atoms with Gasteiger partial charge in [-0.25, -0.2) is 8.78 Å². The van der Waals surface area contributed by atoms with Gasteiger partial charge >= 0.3 is 0 Å². The molecule has 1 amide bonds. The molecule has 0 aromatic heterocycles. The van der Waals surface area contributed by atoms with Gasteiger partial charge in [0.15, 0.2) is 0 Å². The summed E-state index contributed by atoms with van der Waals surface area (Å²) < 4.78 is 26.4. The van der Waals surface area contributed by atoms with E-state index in [1.54, 1.807) is 11.8 Å². The minimum atomic E-state index is -0.863. The maximum absolute atomic E-state index is 13.5. The molecule has 0 unspecified atom stereocenters. The summed E-state index contributed by atoms with van der Waals surface area (Å²) >= 11 is 1.63. The molecule has 0 bridgehead atoms. The van der Waals surface area contributed by atoms with Crippen molar-refractivity contribution in [2.45, 2.75) is 17.9 Å². The van der Waals surface area contributed by atoms with E-state index in [-0.39, 0.29) is 11.6 Å². The monoisotopic (exact) mass is 307 g/mol. The number of halogens is 2. The Bertz CT molecular complexity index is 643. The Morgan fingerprint density at radius 3 is 2.38 bits per heavy atom. The van der Waals surface area contributed by atoms with Gasteiger partial charge in [-0.15, -0.1) is 11.8 Å². The fraction of sp³-hybridized carbons (Fsp3) is 0.188. The second-order valence-electron chi connectivity index (χ2n) is 4.59. The summed E-state index contributed by atoms with van der Waals surface area (Å²) in [4.78, 5) is 13.1. The summed E-state index contributed by atoms with van der Waals surface area (Å²) in [6.07, 6.45) is 1.98. The topological polar surface area (TPSA) is 29.1 Å². The van der Waals surface area contributed by atoms with Crippen LogP contribution in [0.1, 0.15) is 28.9 Å². The predicted octanol–water partition coefficient (Wildman–Crippen LogP) is 4.18. The van der Waals surface area contributed by atoms with Gasteiger partial charge in [-0.2, -0.15) is 0 Å². The second kappa shape index (κ2) is 6.72. The molecule has 21 heavy (non-hydrogen) atoms. The zero-order valence-corrected chi connectivity index (χ0v) is 12.5. The van der Waals surface area contributed by atoms with Gasteiger partial charge in [-0.3, -0.25) is 4.79 Å². The molecule has 0 saturated carbocycles. The lowest BCUT2D eigenvalue weighted by Gasteiger charge is -2.15. The molecule has 0 radical (unpaired) electrons. The maximum atomic E-state index is 13.5. The molecule has 2 rings (SSSR count). The first-order chi connectivity index (χ1) is 10.0. The average Bonchev–Trinajstić information content (AvgIpc) is 2.47. The van der Waals surface area contributed by atoms with E-state index < -0.39 is 17.5 Å². The molecule has 110 valence electrons. The van der Waals surface area contributed by atoms with Crippen molar-refractivity contribution in [3.63, 3.8) is 0 Å². The van der Waals surface area contributed by atoms with E-state index in [0.717, 1.165) is 22.6 Å². The van der Waals surface area contributed by atoms with Crippen LogP contribution >= 0.6 is 11.8 Å². The largest absolute Gasteiger partial charge is 0.345 e. The Kier molecular flexibility index (Phi) is 4.96. The van der Waals surface area contributed by atoms with E-state index >= 15 is 0 Å². The zero-order valence-electron chi connectivity index (χ0n) is 11.7. The quantitative estimate of drug-likeness (QED) is 0.859. The smallest absolute Gasteiger partial charge is 0.254 e. The van der Waals surface area contributed by atoms with Crippen LogP contribution in [-0.4, -0.2) is 12.2 Å². The van der Waals surface area contributed by atoms with E-state index in [1.165, 1.54) is 0 Å². The highest BCUT2D eigenvalue weighted by Crippen LogP contribution is 2.19. The van der Waals surface area contributed by atoms with Crippen LogP contribution in [0.3, 0.4) is 0 Å². The third-order valence-corrected chi connectivity index (χ3v) is 3.88. The first-order valence-corrected chi connectivity index (χ1v) is 7.63. The first-order valence-electron chi connectivity index (χ1n) is 6.41. The molecule has 1 atom stereocenters. The number of nitrogens with one attached hydrogen (secondary N) is 1. The van der Waals surface area contributed by atoms with Crippen LogP contribution in [0.5, 0.6) is 0 Å². The fourth-order valence-corrected chi connectivity index (χ4v) is 2.33.